The number of benzene rings is 2. The number of ether oxygens (including phenoxy) is 2. The number of carbonyl (C=O) groups is 1. The van der Waals surface area contributed by atoms with Crippen molar-refractivity contribution in [3.05, 3.63) is 59.4 Å². The summed E-state index contributed by atoms with van der Waals surface area (Å²) >= 11 is 0. The van der Waals surface area contributed by atoms with Gasteiger partial charge in [-0.25, -0.2) is 9.18 Å². The number of carbonyl (C=O) groups excluding carboxylic acids is 1. The number of aryl methyl sites for hydroxylation is 1. The second-order valence-electron chi connectivity index (χ2n) is 9.48. The van der Waals surface area contributed by atoms with Crippen LogP contribution in [0, 0.1) is 18.7 Å². The van der Waals surface area contributed by atoms with Crippen molar-refractivity contribution in [3.63, 3.8) is 0 Å². The third-order valence-corrected chi connectivity index (χ3v) is 5.61. The van der Waals surface area contributed by atoms with Crippen LogP contribution in [0.25, 0.3) is 11.1 Å². The molecule has 1 aliphatic rings. The predicted molar refractivity (Wildman–Crippen MR) is 125 cm³/mol. The Labute approximate surface area is 190 Å². The van der Waals surface area contributed by atoms with Crippen LogP contribution in [0.1, 0.15) is 50.8 Å². The number of amides is 1. The number of nitrogens with two attached hydrogens (primary N) is 1. The molecular weight excluding hydrogens is 407 g/mol. The summed E-state index contributed by atoms with van der Waals surface area (Å²) in [5.41, 5.74) is 8.41. The molecule has 174 valence electrons. The van der Waals surface area contributed by atoms with Gasteiger partial charge in [-0.15, -0.1) is 0 Å². The van der Waals surface area contributed by atoms with Crippen molar-refractivity contribution in [2.45, 2.75) is 52.2 Å². The summed E-state index contributed by atoms with van der Waals surface area (Å²) in [7, 11) is 0. The molecule has 2 unspecified atom stereocenters. The fourth-order valence-electron chi connectivity index (χ4n) is 4.31. The predicted octanol–water partition coefficient (Wildman–Crippen LogP) is 5.46. The lowest BCUT2D eigenvalue weighted by Gasteiger charge is -2.38. The Kier molecular flexibility index (Phi) is 7.91. The zero-order valence-corrected chi connectivity index (χ0v) is 19.6. The normalized spacial score (nSPS) is 17.8. The van der Waals surface area contributed by atoms with E-state index in [1.165, 1.54) is 6.07 Å². The summed E-state index contributed by atoms with van der Waals surface area (Å²) in [6.07, 6.45) is 1.01. The fourth-order valence-corrected chi connectivity index (χ4v) is 4.31. The molecule has 5 nitrogen and oxygen atoms in total. The maximum absolute atomic E-state index is 15.1. The molecule has 0 radical (unpaired) electrons. The van der Waals surface area contributed by atoms with Gasteiger partial charge >= 0.3 is 6.09 Å². The third-order valence-electron chi connectivity index (χ3n) is 5.61. The molecule has 1 aliphatic heterocycles. The van der Waals surface area contributed by atoms with E-state index in [9.17, 15) is 4.79 Å². The van der Waals surface area contributed by atoms with E-state index in [-0.39, 0.29) is 23.9 Å². The van der Waals surface area contributed by atoms with Crippen molar-refractivity contribution >= 4 is 6.09 Å². The maximum Gasteiger partial charge on any atom is 0.410 e. The summed E-state index contributed by atoms with van der Waals surface area (Å²) in [6, 6.07) is 13.0. The van der Waals surface area contributed by atoms with Crippen molar-refractivity contribution in [2.24, 2.45) is 11.7 Å². The van der Waals surface area contributed by atoms with Crippen molar-refractivity contribution in [1.29, 1.82) is 0 Å². The van der Waals surface area contributed by atoms with E-state index in [0.717, 1.165) is 29.5 Å². The lowest BCUT2D eigenvalue weighted by molar-refractivity contribution is -0.0232. The van der Waals surface area contributed by atoms with Crippen LogP contribution in [0.2, 0.25) is 0 Å². The Morgan fingerprint density at radius 1 is 1.25 bits per heavy atom. The molecule has 6 heteroatoms. The SMILES string of the molecule is Cc1cccc(-c2c(F)cccc2C(OCCN)C2CCCN(C(=O)OC(C)(C)C)C2)c1. The average Bonchev–Trinajstić information content (AvgIpc) is 2.73. The van der Waals surface area contributed by atoms with Crippen LogP contribution in [-0.4, -0.2) is 42.8 Å². The minimum Gasteiger partial charge on any atom is -0.444 e. The number of hydrogen-bond acceptors (Lipinski definition) is 4. The molecule has 0 bridgehead atoms. The number of nitrogens with zero attached hydrogens (tertiary/aromatic N) is 1. The molecule has 2 N–H and O–H groups in total. The maximum atomic E-state index is 15.1. The Morgan fingerprint density at radius 3 is 2.69 bits per heavy atom. The first kappa shape index (κ1) is 24.2. The van der Waals surface area contributed by atoms with Crippen molar-refractivity contribution in [2.75, 3.05) is 26.2 Å². The zero-order valence-electron chi connectivity index (χ0n) is 19.6. The second kappa shape index (κ2) is 10.5. The van der Waals surface area contributed by atoms with E-state index >= 15 is 4.39 Å². The molecule has 1 amide bonds. The van der Waals surface area contributed by atoms with Crippen molar-refractivity contribution in [1.82, 2.24) is 4.90 Å². The topological polar surface area (TPSA) is 64.8 Å². The van der Waals surface area contributed by atoms with Crippen LogP contribution in [0.5, 0.6) is 0 Å². The lowest BCUT2D eigenvalue weighted by Crippen LogP contribution is -2.44. The summed E-state index contributed by atoms with van der Waals surface area (Å²) < 4.78 is 26.9. The average molecular weight is 443 g/mol. The van der Waals surface area contributed by atoms with Crippen molar-refractivity contribution < 1.29 is 18.7 Å². The highest BCUT2D eigenvalue weighted by molar-refractivity contribution is 5.70. The largest absolute Gasteiger partial charge is 0.444 e. The van der Waals surface area contributed by atoms with Gasteiger partial charge in [-0.05, 0) is 57.7 Å². The fraction of sp³-hybridized carbons (Fsp3) is 0.500. The molecule has 0 aromatic heterocycles. The van der Waals surface area contributed by atoms with Gasteiger partial charge in [0.05, 0.1) is 12.7 Å². The van der Waals surface area contributed by atoms with Gasteiger partial charge in [0.25, 0.3) is 0 Å². The quantitative estimate of drug-likeness (QED) is 0.645. The van der Waals surface area contributed by atoms with Crippen molar-refractivity contribution in [3.8, 4) is 11.1 Å². The van der Waals surface area contributed by atoms with Gasteiger partial charge in [0.15, 0.2) is 0 Å². The summed E-state index contributed by atoms with van der Waals surface area (Å²) in [4.78, 5) is 14.4. The third kappa shape index (κ3) is 6.08. The molecule has 0 spiro atoms. The van der Waals surface area contributed by atoms with E-state index < -0.39 is 5.60 Å². The molecule has 1 saturated heterocycles. The van der Waals surface area contributed by atoms with Crippen LogP contribution < -0.4 is 5.73 Å². The van der Waals surface area contributed by atoms with E-state index in [2.05, 4.69) is 0 Å². The van der Waals surface area contributed by atoms with Gasteiger partial charge in [0.1, 0.15) is 11.4 Å². The molecule has 1 fully saturated rings. The number of piperidine rings is 1. The summed E-state index contributed by atoms with van der Waals surface area (Å²) in [5, 5.41) is 0. The molecule has 3 rings (SSSR count). The first-order valence-electron chi connectivity index (χ1n) is 11.3. The van der Waals surface area contributed by atoms with Crippen LogP contribution in [0.3, 0.4) is 0 Å². The Hall–Kier alpha value is -2.44. The Morgan fingerprint density at radius 2 is 2.00 bits per heavy atom. The monoisotopic (exact) mass is 442 g/mol. The number of rotatable bonds is 6. The van der Waals surface area contributed by atoms with E-state index in [4.69, 9.17) is 15.2 Å². The van der Waals surface area contributed by atoms with Crippen LogP contribution in [-0.2, 0) is 9.47 Å². The number of halogens is 1. The molecule has 0 saturated carbocycles. The smallest absolute Gasteiger partial charge is 0.410 e. The van der Waals surface area contributed by atoms with Crippen LogP contribution in [0.4, 0.5) is 9.18 Å². The zero-order chi connectivity index (χ0) is 23.3. The van der Waals surface area contributed by atoms with Gasteiger partial charge < -0.3 is 20.1 Å². The van der Waals surface area contributed by atoms with Gasteiger partial charge in [-0.1, -0.05) is 42.0 Å². The van der Waals surface area contributed by atoms with Crippen LogP contribution in [0.15, 0.2) is 42.5 Å². The molecular formula is C26H35FN2O3. The Balaban J connectivity index is 1.95. The first-order valence-corrected chi connectivity index (χ1v) is 11.3. The summed E-state index contributed by atoms with van der Waals surface area (Å²) in [5.74, 6) is -0.276. The molecule has 0 aliphatic carbocycles. The standard InChI is InChI=1S/C26H35FN2O3/c1-18-8-5-9-19(16-18)23-21(11-6-12-22(23)27)24(31-15-13-28)20-10-7-14-29(17-20)25(30)32-26(2,3)4/h5-6,8-9,11-12,16,20,24H,7,10,13-15,17,28H2,1-4H3. The van der Waals surface area contributed by atoms with Gasteiger partial charge in [-0.3, -0.25) is 0 Å². The minimum absolute atomic E-state index is 0.00757. The molecule has 2 aromatic rings. The van der Waals surface area contributed by atoms with E-state index in [1.807, 2.05) is 58.0 Å². The van der Waals surface area contributed by atoms with Gasteiger partial charge in [0.2, 0.25) is 0 Å². The highest BCUT2D eigenvalue weighted by atomic mass is 19.1. The molecule has 2 aromatic carbocycles. The number of likely N-dealkylation sites (tertiary alicyclic amines) is 1. The second-order valence-corrected chi connectivity index (χ2v) is 9.48. The molecule has 2 atom stereocenters. The highest BCUT2D eigenvalue weighted by Gasteiger charge is 2.34. The van der Waals surface area contributed by atoms with E-state index in [1.54, 1.807) is 11.0 Å². The van der Waals surface area contributed by atoms with E-state index in [0.29, 0.717) is 31.8 Å². The van der Waals surface area contributed by atoms with Gasteiger partial charge in [0, 0.05) is 31.1 Å². The lowest BCUT2D eigenvalue weighted by atomic mass is 9.84. The minimum atomic E-state index is -0.555. The summed E-state index contributed by atoms with van der Waals surface area (Å²) in [6.45, 7) is 9.44. The van der Waals surface area contributed by atoms with Gasteiger partial charge in [-0.2, -0.15) is 0 Å². The van der Waals surface area contributed by atoms with Crippen LogP contribution >= 0.6 is 0 Å². The highest BCUT2D eigenvalue weighted by Crippen LogP contribution is 2.39. The molecule has 1 heterocycles. The first-order chi connectivity index (χ1) is 15.2. The molecule has 32 heavy (non-hydrogen) atoms. The number of hydrogen-bond donors (Lipinski definition) is 1. The Bertz CT molecular complexity index is 926.